The molecule has 0 radical (unpaired) electrons. The number of anilines is 1. The van der Waals surface area contributed by atoms with Crippen LogP contribution in [0.15, 0.2) is 41.0 Å². The number of hydrogen-bond donors (Lipinski definition) is 2. The second kappa shape index (κ2) is 4.16. The molecule has 0 spiro atoms. The highest BCUT2D eigenvalue weighted by Gasteiger charge is 2.16. The van der Waals surface area contributed by atoms with Crippen LogP contribution in [-0.2, 0) is 0 Å². The average molecular weight is 256 g/mol. The van der Waals surface area contributed by atoms with E-state index >= 15 is 0 Å². The van der Waals surface area contributed by atoms with Gasteiger partial charge in [0, 0.05) is 0 Å². The fourth-order valence-corrected chi connectivity index (χ4v) is 1.93. The molecule has 0 aliphatic rings. The van der Waals surface area contributed by atoms with Gasteiger partial charge in [-0.25, -0.2) is 0 Å². The molecule has 1 aromatic carbocycles. The molecule has 96 valence electrons. The van der Waals surface area contributed by atoms with E-state index in [0.717, 1.165) is 11.3 Å². The molecular weight excluding hydrogens is 244 g/mol. The molecule has 0 bridgehead atoms. The molecule has 0 aliphatic carbocycles. The Morgan fingerprint density at radius 1 is 1.32 bits per heavy atom. The maximum absolute atomic E-state index is 9.42. The van der Waals surface area contributed by atoms with Crippen molar-refractivity contribution in [1.82, 2.24) is 15.0 Å². The highest BCUT2D eigenvalue weighted by Crippen LogP contribution is 2.27. The molecule has 0 aliphatic heterocycles. The van der Waals surface area contributed by atoms with Crippen molar-refractivity contribution in [3.8, 4) is 22.9 Å². The molecule has 3 aromatic rings. The van der Waals surface area contributed by atoms with Crippen LogP contribution >= 0.6 is 0 Å². The van der Waals surface area contributed by atoms with E-state index in [0.29, 0.717) is 17.3 Å². The van der Waals surface area contributed by atoms with E-state index in [1.54, 1.807) is 36.6 Å². The number of phenols is 1. The maximum Gasteiger partial charge on any atom is 0.172 e. The second-order valence-corrected chi connectivity index (χ2v) is 4.18. The summed E-state index contributed by atoms with van der Waals surface area (Å²) in [6.45, 7) is 1.86. The lowest BCUT2D eigenvalue weighted by Gasteiger charge is -2.07. The molecule has 0 amide bonds. The lowest BCUT2D eigenvalue weighted by molar-refractivity contribution is 0.474. The number of nitrogens with zero attached hydrogens (tertiary/aromatic N) is 3. The van der Waals surface area contributed by atoms with E-state index in [-0.39, 0.29) is 5.75 Å². The van der Waals surface area contributed by atoms with Crippen LogP contribution in [0.3, 0.4) is 0 Å². The molecule has 3 N–H and O–H groups in total. The van der Waals surface area contributed by atoms with Crippen LogP contribution in [-0.4, -0.2) is 20.1 Å². The molecule has 2 heterocycles. The molecule has 0 atom stereocenters. The van der Waals surface area contributed by atoms with Crippen molar-refractivity contribution in [2.75, 3.05) is 5.73 Å². The minimum absolute atomic E-state index is 0.200. The van der Waals surface area contributed by atoms with Gasteiger partial charge >= 0.3 is 0 Å². The van der Waals surface area contributed by atoms with Gasteiger partial charge in [-0.2, -0.15) is 4.68 Å². The van der Waals surface area contributed by atoms with Gasteiger partial charge in [-0.15, -0.1) is 5.10 Å². The van der Waals surface area contributed by atoms with Gasteiger partial charge in [0.25, 0.3) is 0 Å². The number of benzene rings is 1. The van der Waals surface area contributed by atoms with Gasteiger partial charge in [-0.1, -0.05) is 5.21 Å². The number of hydrogen-bond acceptors (Lipinski definition) is 5. The minimum atomic E-state index is 0.200. The standard InChI is InChI=1S/C13H12N4O2/c1-8-7-9(18)4-5-10(8)17-13(14)12(15-16-17)11-3-2-6-19-11/h2-7,18H,14H2,1H3. The Bertz CT molecular complexity index is 716. The van der Waals surface area contributed by atoms with Gasteiger partial charge in [0.1, 0.15) is 5.75 Å². The van der Waals surface area contributed by atoms with Gasteiger partial charge in [-0.05, 0) is 42.8 Å². The summed E-state index contributed by atoms with van der Waals surface area (Å²) in [5.41, 5.74) is 8.16. The molecule has 0 unspecified atom stereocenters. The van der Waals surface area contributed by atoms with Gasteiger partial charge in [0.15, 0.2) is 17.3 Å². The minimum Gasteiger partial charge on any atom is -0.508 e. The van der Waals surface area contributed by atoms with Gasteiger partial charge < -0.3 is 15.3 Å². The average Bonchev–Trinajstić information content (AvgIpc) is 2.99. The summed E-state index contributed by atoms with van der Waals surface area (Å²) in [7, 11) is 0. The number of rotatable bonds is 2. The van der Waals surface area contributed by atoms with Crippen LogP contribution in [0.4, 0.5) is 5.82 Å². The first-order chi connectivity index (χ1) is 9.16. The van der Waals surface area contributed by atoms with E-state index in [1.807, 2.05) is 6.92 Å². The quantitative estimate of drug-likeness (QED) is 0.733. The SMILES string of the molecule is Cc1cc(O)ccc1-n1nnc(-c2ccco2)c1N. The third-order valence-corrected chi connectivity index (χ3v) is 2.87. The predicted octanol–water partition coefficient (Wildman–Crippen LogP) is 2.12. The molecule has 0 fully saturated rings. The molecule has 19 heavy (non-hydrogen) atoms. The van der Waals surface area contributed by atoms with E-state index < -0.39 is 0 Å². The highest BCUT2D eigenvalue weighted by atomic mass is 16.3. The van der Waals surface area contributed by atoms with Crippen molar-refractivity contribution in [1.29, 1.82) is 0 Å². The van der Waals surface area contributed by atoms with E-state index in [4.69, 9.17) is 10.2 Å². The van der Waals surface area contributed by atoms with E-state index in [2.05, 4.69) is 10.3 Å². The second-order valence-electron chi connectivity index (χ2n) is 4.18. The third kappa shape index (κ3) is 1.83. The Balaban J connectivity index is 2.12. The molecular formula is C13H12N4O2. The van der Waals surface area contributed by atoms with Crippen molar-refractivity contribution in [2.45, 2.75) is 6.92 Å². The smallest absolute Gasteiger partial charge is 0.172 e. The topological polar surface area (TPSA) is 90.1 Å². The monoisotopic (exact) mass is 256 g/mol. The number of aryl methyl sites for hydroxylation is 1. The number of aromatic hydroxyl groups is 1. The summed E-state index contributed by atoms with van der Waals surface area (Å²) in [4.78, 5) is 0. The summed E-state index contributed by atoms with van der Waals surface area (Å²) in [5, 5.41) is 17.5. The van der Waals surface area contributed by atoms with Crippen molar-refractivity contribution >= 4 is 5.82 Å². The van der Waals surface area contributed by atoms with Crippen LogP contribution in [0.1, 0.15) is 5.56 Å². The Morgan fingerprint density at radius 2 is 2.16 bits per heavy atom. The Morgan fingerprint density at radius 3 is 2.84 bits per heavy atom. The number of furan rings is 1. The number of nitrogen functional groups attached to an aromatic ring is 1. The summed E-state index contributed by atoms with van der Waals surface area (Å²) in [6.07, 6.45) is 1.56. The number of nitrogens with two attached hydrogens (primary N) is 1. The lowest BCUT2D eigenvalue weighted by Crippen LogP contribution is -2.04. The first kappa shape index (κ1) is 11.3. The predicted molar refractivity (Wildman–Crippen MR) is 69.9 cm³/mol. The fourth-order valence-electron chi connectivity index (χ4n) is 1.93. The van der Waals surface area contributed by atoms with Gasteiger partial charge in [-0.3, -0.25) is 0 Å². The van der Waals surface area contributed by atoms with Crippen LogP contribution in [0.2, 0.25) is 0 Å². The Labute approximate surface area is 109 Å². The summed E-state index contributed by atoms with van der Waals surface area (Å²) in [5.74, 6) is 1.16. The van der Waals surface area contributed by atoms with Gasteiger partial charge in [0.05, 0.1) is 12.0 Å². The third-order valence-electron chi connectivity index (χ3n) is 2.87. The molecule has 6 nitrogen and oxygen atoms in total. The summed E-state index contributed by atoms with van der Waals surface area (Å²) >= 11 is 0. The Kier molecular flexibility index (Phi) is 2.49. The molecule has 3 rings (SSSR count). The van der Waals surface area contributed by atoms with Crippen LogP contribution in [0.25, 0.3) is 17.1 Å². The molecule has 2 aromatic heterocycles. The molecule has 0 saturated carbocycles. The first-order valence-corrected chi connectivity index (χ1v) is 5.72. The van der Waals surface area contributed by atoms with Gasteiger partial charge in [0.2, 0.25) is 0 Å². The highest BCUT2D eigenvalue weighted by molar-refractivity contribution is 5.67. The zero-order valence-corrected chi connectivity index (χ0v) is 10.2. The van der Waals surface area contributed by atoms with Crippen LogP contribution in [0, 0.1) is 6.92 Å². The Hall–Kier alpha value is -2.76. The van der Waals surface area contributed by atoms with Crippen molar-refractivity contribution in [2.24, 2.45) is 0 Å². The van der Waals surface area contributed by atoms with Crippen molar-refractivity contribution < 1.29 is 9.52 Å². The zero-order chi connectivity index (χ0) is 13.4. The largest absolute Gasteiger partial charge is 0.508 e. The number of aromatic nitrogens is 3. The summed E-state index contributed by atoms with van der Waals surface area (Å²) < 4.78 is 6.78. The van der Waals surface area contributed by atoms with Crippen molar-refractivity contribution in [3.63, 3.8) is 0 Å². The number of phenolic OH excluding ortho intramolecular Hbond substituents is 1. The van der Waals surface area contributed by atoms with Crippen molar-refractivity contribution in [3.05, 3.63) is 42.2 Å². The summed E-state index contributed by atoms with van der Waals surface area (Å²) in [6, 6.07) is 8.49. The fraction of sp³-hybridized carbons (Fsp3) is 0.0769. The van der Waals surface area contributed by atoms with E-state index in [9.17, 15) is 5.11 Å². The van der Waals surface area contributed by atoms with Crippen LogP contribution < -0.4 is 5.73 Å². The molecule has 0 saturated heterocycles. The van der Waals surface area contributed by atoms with Crippen LogP contribution in [0.5, 0.6) is 5.75 Å². The lowest BCUT2D eigenvalue weighted by atomic mass is 10.2. The van der Waals surface area contributed by atoms with E-state index in [1.165, 1.54) is 4.68 Å². The maximum atomic E-state index is 9.42. The zero-order valence-electron chi connectivity index (χ0n) is 10.2. The normalized spacial score (nSPS) is 10.8. The first-order valence-electron chi connectivity index (χ1n) is 5.72. The molecule has 6 heteroatoms.